The van der Waals surface area contributed by atoms with Gasteiger partial charge in [0.15, 0.2) is 5.13 Å². The minimum Gasteiger partial charge on any atom is -0.326 e. The van der Waals surface area contributed by atoms with E-state index in [2.05, 4.69) is 20.3 Å². The molecule has 156 valence electrons. The molecule has 1 heterocycles. The van der Waals surface area contributed by atoms with Crippen molar-refractivity contribution in [2.24, 2.45) is 0 Å². The molecular formula is C20H20N4O4S2. The molecule has 0 unspecified atom stereocenters. The lowest BCUT2D eigenvalue weighted by Gasteiger charge is -2.09. The minimum absolute atomic E-state index is 0.0522. The van der Waals surface area contributed by atoms with Crippen molar-refractivity contribution in [3.63, 3.8) is 0 Å². The molecule has 10 heteroatoms. The molecule has 1 aromatic heterocycles. The lowest BCUT2D eigenvalue weighted by molar-refractivity contribution is -0.116. The van der Waals surface area contributed by atoms with E-state index < -0.39 is 10.0 Å². The summed E-state index contributed by atoms with van der Waals surface area (Å²) in [4.78, 5) is 28.2. The van der Waals surface area contributed by atoms with Crippen LogP contribution in [0.3, 0.4) is 0 Å². The number of carbonyl (C=O) groups excluding carboxylic acids is 2. The van der Waals surface area contributed by atoms with Gasteiger partial charge in [0.25, 0.3) is 15.9 Å². The number of aromatic nitrogens is 1. The molecule has 0 aliphatic rings. The van der Waals surface area contributed by atoms with Crippen molar-refractivity contribution < 1.29 is 18.0 Å². The van der Waals surface area contributed by atoms with E-state index in [1.165, 1.54) is 41.8 Å². The van der Waals surface area contributed by atoms with Crippen molar-refractivity contribution in [3.8, 4) is 0 Å². The van der Waals surface area contributed by atoms with Crippen molar-refractivity contribution in [1.29, 1.82) is 0 Å². The topological polar surface area (TPSA) is 117 Å². The molecule has 0 atom stereocenters. The van der Waals surface area contributed by atoms with Crippen LogP contribution >= 0.6 is 11.3 Å². The van der Waals surface area contributed by atoms with Crippen LogP contribution in [0.25, 0.3) is 0 Å². The number of nitrogens with one attached hydrogen (secondary N) is 3. The van der Waals surface area contributed by atoms with Gasteiger partial charge in [-0.2, -0.15) is 0 Å². The van der Waals surface area contributed by atoms with Crippen LogP contribution in [-0.4, -0.2) is 25.2 Å². The molecule has 0 saturated carbocycles. The Balaban J connectivity index is 1.67. The van der Waals surface area contributed by atoms with Crippen LogP contribution in [0.1, 0.15) is 30.1 Å². The van der Waals surface area contributed by atoms with Gasteiger partial charge in [0.1, 0.15) is 0 Å². The number of anilines is 3. The second kappa shape index (κ2) is 9.51. The van der Waals surface area contributed by atoms with E-state index in [9.17, 15) is 18.0 Å². The Bertz CT molecular complexity index is 1130. The molecule has 3 rings (SSSR count). The third-order valence-corrected chi connectivity index (χ3v) is 6.13. The van der Waals surface area contributed by atoms with Gasteiger partial charge in [0, 0.05) is 34.9 Å². The molecule has 2 aromatic carbocycles. The van der Waals surface area contributed by atoms with Crippen LogP contribution in [0.2, 0.25) is 0 Å². The molecule has 3 N–H and O–H groups in total. The van der Waals surface area contributed by atoms with Crippen LogP contribution in [-0.2, 0) is 14.8 Å². The summed E-state index contributed by atoms with van der Waals surface area (Å²) in [5.41, 5.74) is 1.34. The number of sulfonamides is 1. The highest BCUT2D eigenvalue weighted by Crippen LogP contribution is 2.20. The summed E-state index contributed by atoms with van der Waals surface area (Å²) >= 11 is 1.18. The van der Waals surface area contributed by atoms with Gasteiger partial charge in [-0.05, 0) is 48.9 Å². The molecule has 8 nitrogen and oxygen atoms in total. The molecule has 0 aliphatic carbocycles. The number of benzene rings is 2. The Kier molecular flexibility index (Phi) is 6.80. The zero-order valence-corrected chi connectivity index (χ0v) is 17.7. The van der Waals surface area contributed by atoms with E-state index >= 15 is 0 Å². The Morgan fingerprint density at radius 1 is 1.03 bits per heavy atom. The molecule has 0 saturated heterocycles. The van der Waals surface area contributed by atoms with E-state index in [1.54, 1.807) is 29.6 Å². The minimum atomic E-state index is -3.76. The number of amides is 2. The standard InChI is InChI=1S/C20H20N4O4S2/c1-2-4-18(25)22-16-6-3-5-14(13-16)19(26)23-15-7-9-17(10-8-15)30(27,28)24-20-21-11-12-29-20/h3,5-13H,2,4H2,1H3,(H,21,24)(H,22,25)(H,23,26). The van der Waals surface area contributed by atoms with Crippen molar-refractivity contribution in [2.75, 3.05) is 15.4 Å². The fraction of sp³-hybridized carbons (Fsp3) is 0.150. The molecule has 0 fully saturated rings. The van der Waals surface area contributed by atoms with Crippen LogP contribution in [0.5, 0.6) is 0 Å². The maximum Gasteiger partial charge on any atom is 0.263 e. The van der Waals surface area contributed by atoms with E-state index in [0.717, 1.165) is 6.42 Å². The lowest BCUT2D eigenvalue weighted by atomic mass is 10.1. The Morgan fingerprint density at radius 3 is 2.47 bits per heavy atom. The average molecular weight is 445 g/mol. The number of hydrogen-bond acceptors (Lipinski definition) is 6. The predicted octanol–water partition coefficient (Wildman–Crippen LogP) is 3.93. The molecule has 0 radical (unpaired) electrons. The van der Waals surface area contributed by atoms with E-state index in [1.807, 2.05) is 6.92 Å². The smallest absolute Gasteiger partial charge is 0.263 e. The molecule has 30 heavy (non-hydrogen) atoms. The Morgan fingerprint density at radius 2 is 1.80 bits per heavy atom. The van der Waals surface area contributed by atoms with Crippen molar-refractivity contribution in [2.45, 2.75) is 24.7 Å². The first-order chi connectivity index (χ1) is 14.4. The highest BCUT2D eigenvalue weighted by Gasteiger charge is 2.16. The van der Waals surface area contributed by atoms with Crippen LogP contribution in [0.4, 0.5) is 16.5 Å². The van der Waals surface area contributed by atoms with Gasteiger partial charge in [-0.3, -0.25) is 14.3 Å². The summed E-state index contributed by atoms with van der Waals surface area (Å²) in [6.07, 6.45) is 2.64. The number of thiazole rings is 1. The molecule has 0 spiro atoms. The lowest BCUT2D eigenvalue weighted by Crippen LogP contribution is -2.15. The SMILES string of the molecule is CCCC(=O)Nc1cccc(C(=O)Nc2ccc(S(=O)(=O)Nc3nccs3)cc2)c1. The average Bonchev–Trinajstić information content (AvgIpc) is 3.21. The van der Waals surface area contributed by atoms with Crippen molar-refractivity contribution >= 4 is 49.7 Å². The fourth-order valence-corrected chi connectivity index (χ4v) is 4.35. The van der Waals surface area contributed by atoms with Gasteiger partial charge in [-0.1, -0.05) is 13.0 Å². The molecular weight excluding hydrogens is 424 g/mol. The third-order valence-electron chi connectivity index (χ3n) is 3.96. The van der Waals surface area contributed by atoms with Gasteiger partial charge < -0.3 is 10.6 Å². The summed E-state index contributed by atoms with van der Waals surface area (Å²) in [5.74, 6) is -0.490. The summed E-state index contributed by atoms with van der Waals surface area (Å²) in [5, 5.41) is 7.40. The highest BCUT2D eigenvalue weighted by atomic mass is 32.2. The van der Waals surface area contributed by atoms with Gasteiger partial charge in [0.2, 0.25) is 5.91 Å². The van der Waals surface area contributed by atoms with Crippen molar-refractivity contribution in [1.82, 2.24) is 4.98 Å². The van der Waals surface area contributed by atoms with Gasteiger partial charge >= 0.3 is 0 Å². The van der Waals surface area contributed by atoms with Gasteiger partial charge in [0.05, 0.1) is 4.90 Å². The third kappa shape index (κ3) is 5.65. The monoisotopic (exact) mass is 444 g/mol. The van der Waals surface area contributed by atoms with Gasteiger partial charge in [-0.15, -0.1) is 11.3 Å². The molecule has 0 aliphatic heterocycles. The van der Waals surface area contributed by atoms with Crippen LogP contribution < -0.4 is 15.4 Å². The Hall–Kier alpha value is -3.24. The van der Waals surface area contributed by atoms with E-state index in [0.29, 0.717) is 23.4 Å². The summed E-state index contributed by atoms with van der Waals surface area (Å²) in [6.45, 7) is 1.91. The highest BCUT2D eigenvalue weighted by molar-refractivity contribution is 7.93. The number of nitrogens with zero attached hydrogens (tertiary/aromatic N) is 1. The number of hydrogen-bond donors (Lipinski definition) is 3. The largest absolute Gasteiger partial charge is 0.326 e. The molecule has 0 bridgehead atoms. The fourth-order valence-electron chi connectivity index (χ4n) is 2.56. The zero-order valence-electron chi connectivity index (χ0n) is 16.1. The van der Waals surface area contributed by atoms with Crippen LogP contribution in [0.15, 0.2) is 65.0 Å². The van der Waals surface area contributed by atoms with Gasteiger partial charge in [-0.25, -0.2) is 13.4 Å². The van der Waals surface area contributed by atoms with E-state index in [4.69, 9.17) is 0 Å². The molecule has 3 aromatic rings. The van der Waals surface area contributed by atoms with Crippen LogP contribution in [0, 0.1) is 0 Å². The van der Waals surface area contributed by atoms with Crippen molar-refractivity contribution in [3.05, 3.63) is 65.7 Å². The first-order valence-electron chi connectivity index (χ1n) is 9.11. The second-order valence-electron chi connectivity index (χ2n) is 6.30. The molecule has 2 amide bonds. The number of rotatable bonds is 8. The Labute approximate surface area is 178 Å². The first kappa shape index (κ1) is 21.5. The summed E-state index contributed by atoms with van der Waals surface area (Å²) in [6, 6.07) is 12.4. The summed E-state index contributed by atoms with van der Waals surface area (Å²) < 4.78 is 27.1. The van der Waals surface area contributed by atoms with E-state index in [-0.39, 0.29) is 21.8 Å². The first-order valence-corrected chi connectivity index (χ1v) is 11.5. The quantitative estimate of drug-likeness (QED) is 0.487. The maximum absolute atomic E-state index is 12.5. The summed E-state index contributed by atoms with van der Waals surface area (Å²) in [7, 11) is -3.76. The number of carbonyl (C=O) groups is 2. The maximum atomic E-state index is 12.5. The zero-order chi connectivity index (χ0) is 21.6. The normalized spacial score (nSPS) is 11.0. The predicted molar refractivity (Wildman–Crippen MR) is 117 cm³/mol. The second-order valence-corrected chi connectivity index (χ2v) is 8.88.